The van der Waals surface area contributed by atoms with Crippen molar-refractivity contribution < 1.29 is 14.3 Å². The zero-order chi connectivity index (χ0) is 22.7. The van der Waals surface area contributed by atoms with Gasteiger partial charge in [-0.2, -0.15) is 0 Å². The van der Waals surface area contributed by atoms with Crippen LogP contribution in [-0.4, -0.2) is 16.6 Å². The number of aromatic nitrogens is 1. The SMILES string of the molecule is NC1=C(c2nc3ccccc3s2)C(c2cccc(Br)c2)C2=C(O1)C(=O)c1ccccc1C2=O. The first-order valence-electron chi connectivity index (χ1n) is 10.2. The van der Waals surface area contributed by atoms with Crippen molar-refractivity contribution in [2.75, 3.05) is 0 Å². The van der Waals surface area contributed by atoms with Gasteiger partial charge in [-0.25, -0.2) is 4.98 Å². The van der Waals surface area contributed by atoms with Crippen LogP contribution in [0.15, 0.2) is 94.5 Å². The second-order valence-corrected chi connectivity index (χ2v) is 9.75. The molecule has 4 aromatic rings. The van der Waals surface area contributed by atoms with Gasteiger partial charge in [-0.05, 0) is 29.8 Å². The fourth-order valence-electron chi connectivity index (χ4n) is 4.42. The molecule has 1 atom stereocenters. The molecule has 2 N–H and O–H groups in total. The van der Waals surface area contributed by atoms with Gasteiger partial charge in [0.2, 0.25) is 5.78 Å². The normalized spacial score (nSPS) is 17.8. The fourth-order valence-corrected chi connectivity index (χ4v) is 5.89. The van der Waals surface area contributed by atoms with E-state index < -0.39 is 5.92 Å². The van der Waals surface area contributed by atoms with E-state index in [4.69, 9.17) is 15.5 Å². The van der Waals surface area contributed by atoms with Crippen molar-refractivity contribution in [3.05, 3.63) is 116 Å². The summed E-state index contributed by atoms with van der Waals surface area (Å²) in [6.07, 6.45) is 0. The van der Waals surface area contributed by atoms with Gasteiger partial charge in [0.15, 0.2) is 17.4 Å². The van der Waals surface area contributed by atoms with Crippen molar-refractivity contribution in [3.8, 4) is 0 Å². The molecule has 5 nitrogen and oxygen atoms in total. The molecule has 0 amide bonds. The van der Waals surface area contributed by atoms with E-state index in [1.165, 1.54) is 11.3 Å². The average Bonchev–Trinajstić information content (AvgIpc) is 3.25. The van der Waals surface area contributed by atoms with Gasteiger partial charge >= 0.3 is 0 Å². The van der Waals surface area contributed by atoms with E-state index in [0.29, 0.717) is 27.3 Å². The Labute approximate surface area is 201 Å². The van der Waals surface area contributed by atoms with Gasteiger partial charge in [0.1, 0.15) is 5.01 Å². The molecule has 1 aliphatic carbocycles. The zero-order valence-electron chi connectivity index (χ0n) is 17.0. The molecule has 0 saturated carbocycles. The number of carbonyl (C=O) groups excluding carboxylic acids is 2. The van der Waals surface area contributed by atoms with E-state index in [2.05, 4.69) is 15.9 Å². The summed E-state index contributed by atoms with van der Waals surface area (Å²) < 4.78 is 7.75. The lowest BCUT2D eigenvalue weighted by molar-refractivity contribution is 0.0901. The van der Waals surface area contributed by atoms with Gasteiger partial charge in [0.05, 0.1) is 27.3 Å². The van der Waals surface area contributed by atoms with Crippen LogP contribution < -0.4 is 5.73 Å². The number of halogens is 1. The molecule has 0 radical (unpaired) electrons. The van der Waals surface area contributed by atoms with E-state index in [1.807, 2.05) is 48.5 Å². The van der Waals surface area contributed by atoms with E-state index in [9.17, 15) is 9.59 Å². The third-order valence-corrected chi connectivity index (χ3v) is 7.44. The van der Waals surface area contributed by atoms with E-state index >= 15 is 0 Å². The fraction of sp³-hybridized carbons (Fsp3) is 0.0385. The van der Waals surface area contributed by atoms with Crippen LogP contribution >= 0.6 is 27.3 Å². The minimum absolute atomic E-state index is 0.00830. The largest absolute Gasteiger partial charge is 0.437 e. The number of hydrogen-bond acceptors (Lipinski definition) is 6. The smallest absolute Gasteiger partial charge is 0.229 e. The molecule has 0 spiro atoms. The van der Waals surface area contributed by atoms with Gasteiger partial charge in [-0.15, -0.1) is 11.3 Å². The Morgan fingerprint density at radius 3 is 2.36 bits per heavy atom. The van der Waals surface area contributed by atoms with Gasteiger partial charge in [0.25, 0.3) is 0 Å². The molecule has 1 unspecified atom stereocenters. The van der Waals surface area contributed by atoms with Crippen LogP contribution in [0.25, 0.3) is 15.8 Å². The molecule has 0 saturated heterocycles. The highest BCUT2D eigenvalue weighted by molar-refractivity contribution is 9.10. The van der Waals surface area contributed by atoms with Gasteiger partial charge in [0, 0.05) is 15.6 Å². The Kier molecular flexibility index (Phi) is 4.57. The van der Waals surface area contributed by atoms with Crippen LogP contribution in [-0.2, 0) is 4.74 Å². The predicted octanol–water partition coefficient (Wildman–Crippen LogP) is 5.83. The number of nitrogens with two attached hydrogens (primary N) is 1. The third-order valence-electron chi connectivity index (χ3n) is 5.87. The lowest BCUT2D eigenvalue weighted by Gasteiger charge is -2.32. The topological polar surface area (TPSA) is 82.3 Å². The number of hydrogen-bond donors (Lipinski definition) is 1. The highest BCUT2D eigenvalue weighted by Crippen LogP contribution is 2.49. The minimum atomic E-state index is -0.600. The van der Waals surface area contributed by atoms with E-state index in [1.54, 1.807) is 24.3 Å². The molecule has 1 aromatic heterocycles. The van der Waals surface area contributed by atoms with Crippen molar-refractivity contribution in [3.63, 3.8) is 0 Å². The van der Waals surface area contributed by atoms with Crippen LogP contribution in [0.3, 0.4) is 0 Å². The molecule has 1 aliphatic heterocycles. The first-order chi connectivity index (χ1) is 16.0. The lowest BCUT2D eigenvalue weighted by atomic mass is 9.75. The number of allylic oxidation sites excluding steroid dienone is 3. The number of para-hydroxylation sites is 1. The summed E-state index contributed by atoms with van der Waals surface area (Å²) in [7, 11) is 0. The van der Waals surface area contributed by atoms with Crippen molar-refractivity contribution in [1.82, 2.24) is 4.98 Å². The molecule has 6 rings (SSSR count). The molecular weight excluding hydrogens is 500 g/mol. The number of benzene rings is 3. The summed E-state index contributed by atoms with van der Waals surface area (Å²) in [6.45, 7) is 0. The lowest BCUT2D eigenvalue weighted by Crippen LogP contribution is -2.32. The number of rotatable bonds is 2. The van der Waals surface area contributed by atoms with Crippen LogP contribution in [0, 0.1) is 0 Å². The number of fused-ring (bicyclic) bond motifs is 2. The summed E-state index contributed by atoms with van der Waals surface area (Å²) in [4.78, 5) is 31.9. The molecule has 160 valence electrons. The Hall–Kier alpha value is -3.55. The molecule has 0 fully saturated rings. The Bertz CT molecular complexity index is 1530. The molecule has 0 bridgehead atoms. The molecule has 2 heterocycles. The maximum absolute atomic E-state index is 13.7. The summed E-state index contributed by atoms with van der Waals surface area (Å²) in [6, 6.07) is 22.2. The number of ketones is 2. The molecule has 33 heavy (non-hydrogen) atoms. The van der Waals surface area contributed by atoms with Gasteiger partial charge in [-0.3, -0.25) is 9.59 Å². The molecule has 3 aromatic carbocycles. The molecular formula is C26H15BrN2O3S. The van der Waals surface area contributed by atoms with Gasteiger partial charge in [-0.1, -0.05) is 64.5 Å². The molecule has 7 heteroatoms. The number of thiazole rings is 1. The van der Waals surface area contributed by atoms with E-state index in [0.717, 1.165) is 20.3 Å². The van der Waals surface area contributed by atoms with Gasteiger partial charge < -0.3 is 10.5 Å². The van der Waals surface area contributed by atoms with Crippen molar-refractivity contribution >= 4 is 54.6 Å². The molecule has 2 aliphatic rings. The number of ether oxygens (including phenoxy) is 1. The van der Waals surface area contributed by atoms with Crippen molar-refractivity contribution in [1.29, 1.82) is 0 Å². The zero-order valence-corrected chi connectivity index (χ0v) is 19.4. The van der Waals surface area contributed by atoms with Crippen LogP contribution in [0.5, 0.6) is 0 Å². The number of nitrogens with zero attached hydrogens (tertiary/aromatic N) is 1. The quantitative estimate of drug-likeness (QED) is 0.363. The predicted molar refractivity (Wildman–Crippen MR) is 131 cm³/mol. The monoisotopic (exact) mass is 514 g/mol. The average molecular weight is 515 g/mol. The maximum atomic E-state index is 13.7. The highest BCUT2D eigenvalue weighted by atomic mass is 79.9. The standard InChI is InChI=1S/C26H15BrN2O3S/c27-14-7-5-6-13(12-14)19-20-22(30)15-8-1-2-9-16(15)23(31)24(20)32-25(28)21(19)26-29-17-10-3-4-11-18(17)33-26/h1-12,19H,28H2. The number of carbonyl (C=O) groups is 2. The minimum Gasteiger partial charge on any atom is -0.437 e. The first-order valence-corrected chi connectivity index (χ1v) is 11.9. The summed E-state index contributed by atoms with van der Waals surface area (Å²) >= 11 is 5.01. The second kappa shape index (κ2) is 7.50. The Morgan fingerprint density at radius 2 is 1.61 bits per heavy atom. The Morgan fingerprint density at radius 1 is 0.879 bits per heavy atom. The number of Topliss-reactive ketones (excluding diaryl/α,β-unsaturated/α-hetero) is 2. The van der Waals surface area contributed by atoms with Crippen LogP contribution in [0.4, 0.5) is 0 Å². The van der Waals surface area contributed by atoms with Crippen molar-refractivity contribution in [2.24, 2.45) is 5.73 Å². The van der Waals surface area contributed by atoms with E-state index in [-0.39, 0.29) is 23.2 Å². The third kappa shape index (κ3) is 3.08. The summed E-state index contributed by atoms with van der Waals surface area (Å²) in [5.41, 5.74) is 9.68. The first kappa shape index (κ1) is 20.1. The van der Waals surface area contributed by atoms with Crippen LogP contribution in [0.1, 0.15) is 37.2 Å². The second-order valence-electron chi connectivity index (χ2n) is 7.80. The van der Waals surface area contributed by atoms with Crippen molar-refractivity contribution in [2.45, 2.75) is 5.92 Å². The summed E-state index contributed by atoms with van der Waals surface area (Å²) in [5, 5.41) is 0.657. The highest BCUT2D eigenvalue weighted by Gasteiger charge is 2.44. The van der Waals surface area contributed by atoms with Crippen LogP contribution in [0.2, 0.25) is 0 Å². The Balaban J connectivity index is 1.62. The maximum Gasteiger partial charge on any atom is 0.229 e. The summed E-state index contributed by atoms with van der Waals surface area (Å²) in [5.74, 6) is -1.11.